The van der Waals surface area contributed by atoms with Crippen molar-refractivity contribution in [2.75, 3.05) is 6.79 Å². The highest BCUT2D eigenvalue weighted by atomic mass is 16.7. The van der Waals surface area contributed by atoms with Gasteiger partial charge in [-0.3, -0.25) is 0 Å². The third-order valence-corrected chi connectivity index (χ3v) is 4.19. The molecule has 0 aromatic heterocycles. The van der Waals surface area contributed by atoms with Crippen LogP contribution in [-0.4, -0.2) is 6.79 Å². The zero-order valence-corrected chi connectivity index (χ0v) is 11.0. The van der Waals surface area contributed by atoms with Gasteiger partial charge in [-0.1, -0.05) is 51.0 Å². The predicted molar refractivity (Wildman–Crippen MR) is 72.1 cm³/mol. The van der Waals surface area contributed by atoms with Crippen LogP contribution in [0.3, 0.4) is 0 Å². The number of hydrogen-bond acceptors (Lipinski definition) is 2. The predicted octanol–water partition coefficient (Wildman–Crippen LogP) is 4.32. The van der Waals surface area contributed by atoms with E-state index in [1.54, 1.807) is 0 Å². The highest BCUT2D eigenvalue weighted by Gasteiger charge is 2.16. The summed E-state index contributed by atoms with van der Waals surface area (Å²) in [6, 6.07) is 6.42. The molecule has 0 saturated heterocycles. The van der Waals surface area contributed by atoms with Crippen molar-refractivity contribution in [2.24, 2.45) is 5.92 Å². The second kappa shape index (κ2) is 5.64. The van der Waals surface area contributed by atoms with Crippen LogP contribution in [0.15, 0.2) is 18.2 Å². The van der Waals surface area contributed by atoms with Crippen molar-refractivity contribution in [2.45, 2.75) is 51.4 Å². The molecular formula is C16H22O2. The zero-order valence-electron chi connectivity index (χ0n) is 11.0. The van der Waals surface area contributed by atoms with Crippen molar-refractivity contribution in [1.82, 2.24) is 0 Å². The lowest BCUT2D eigenvalue weighted by atomic mass is 9.86. The van der Waals surface area contributed by atoms with Crippen LogP contribution in [0.2, 0.25) is 0 Å². The van der Waals surface area contributed by atoms with Crippen LogP contribution in [0.1, 0.15) is 50.5 Å². The number of benzene rings is 1. The SMILES string of the molecule is c1cc2c(cc1CC1CCCCCCC1)OCO2. The first kappa shape index (κ1) is 11.9. The third kappa shape index (κ3) is 2.80. The van der Waals surface area contributed by atoms with Crippen molar-refractivity contribution < 1.29 is 9.47 Å². The molecule has 0 spiro atoms. The lowest BCUT2D eigenvalue weighted by Gasteiger charge is -2.19. The summed E-state index contributed by atoms with van der Waals surface area (Å²) in [7, 11) is 0. The van der Waals surface area contributed by atoms with Crippen LogP contribution in [0.4, 0.5) is 0 Å². The minimum absolute atomic E-state index is 0.377. The smallest absolute Gasteiger partial charge is 0.231 e. The van der Waals surface area contributed by atoms with Gasteiger partial charge in [-0.2, -0.15) is 0 Å². The average Bonchev–Trinajstić information content (AvgIpc) is 2.79. The molecule has 0 N–H and O–H groups in total. The van der Waals surface area contributed by atoms with Crippen LogP contribution in [0.5, 0.6) is 11.5 Å². The van der Waals surface area contributed by atoms with Crippen LogP contribution in [0.25, 0.3) is 0 Å². The molecule has 2 heteroatoms. The van der Waals surface area contributed by atoms with Gasteiger partial charge in [0.2, 0.25) is 6.79 Å². The molecule has 0 atom stereocenters. The number of hydrogen-bond donors (Lipinski definition) is 0. The van der Waals surface area contributed by atoms with E-state index in [1.807, 2.05) is 0 Å². The minimum Gasteiger partial charge on any atom is -0.454 e. The van der Waals surface area contributed by atoms with Crippen molar-refractivity contribution in [3.8, 4) is 11.5 Å². The van der Waals surface area contributed by atoms with E-state index in [9.17, 15) is 0 Å². The Bertz CT molecular complexity index is 392. The Morgan fingerprint density at radius 2 is 1.61 bits per heavy atom. The fraction of sp³-hybridized carbons (Fsp3) is 0.625. The maximum Gasteiger partial charge on any atom is 0.231 e. The second-order valence-electron chi connectivity index (χ2n) is 5.60. The van der Waals surface area contributed by atoms with E-state index in [4.69, 9.17) is 9.47 Å². The summed E-state index contributed by atoms with van der Waals surface area (Å²) in [5, 5.41) is 0. The standard InChI is InChI=1S/C16H22O2/c1-2-4-6-13(7-5-3-1)10-14-8-9-15-16(11-14)18-12-17-15/h8-9,11,13H,1-7,10,12H2. The van der Waals surface area contributed by atoms with Gasteiger partial charge in [0.05, 0.1) is 0 Å². The Balaban J connectivity index is 1.64. The zero-order chi connectivity index (χ0) is 12.2. The number of fused-ring (bicyclic) bond motifs is 1. The Kier molecular flexibility index (Phi) is 3.72. The third-order valence-electron chi connectivity index (χ3n) is 4.19. The van der Waals surface area contributed by atoms with E-state index < -0.39 is 0 Å². The van der Waals surface area contributed by atoms with Crippen molar-refractivity contribution in [3.63, 3.8) is 0 Å². The fourth-order valence-corrected chi connectivity index (χ4v) is 3.15. The molecule has 0 amide bonds. The monoisotopic (exact) mass is 246 g/mol. The molecule has 2 aliphatic rings. The Morgan fingerprint density at radius 1 is 0.889 bits per heavy atom. The Labute approximate surface area is 109 Å². The van der Waals surface area contributed by atoms with Crippen molar-refractivity contribution in [3.05, 3.63) is 23.8 Å². The van der Waals surface area contributed by atoms with E-state index in [2.05, 4.69) is 18.2 Å². The molecule has 1 aromatic rings. The summed E-state index contributed by atoms with van der Waals surface area (Å²) in [6.45, 7) is 0.377. The first-order valence-electron chi connectivity index (χ1n) is 7.30. The summed E-state index contributed by atoms with van der Waals surface area (Å²) in [5.41, 5.74) is 1.41. The molecule has 98 valence electrons. The molecule has 1 aromatic carbocycles. The molecule has 1 fully saturated rings. The van der Waals surface area contributed by atoms with Gasteiger partial charge < -0.3 is 9.47 Å². The molecule has 0 radical (unpaired) electrons. The van der Waals surface area contributed by atoms with Crippen molar-refractivity contribution in [1.29, 1.82) is 0 Å². The summed E-state index contributed by atoms with van der Waals surface area (Å²) in [6.07, 6.45) is 11.1. The van der Waals surface area contributed by atoms with Crippen LogP contribution in [0, 0.1) is 5.92 Å². The van der Waals surface area contributed by atoms with E-state index >= 15 is 0 Å². The lowest BCUT2D eigenvalue weighted by Crippen LogP contribution is -2.07. The molecule has 2 nitrogen and oxygen atoms in total. The summed E-state index contributed by atoms with van der Waals surface area (Å²) < 4.78 is 10.8. The van der Waals surface area contributed by atoms with Gasteiger partial charge in [-0.25, -0.2) is 0 Å². The Hall–Kier alpha value is -1.18. The van der Waals surface area contributed by atoms with Crippen LogP contribution in [-0.2, 0) is 6.42 Å². The topological polar surface area (TPSA) is 18.5 Å². The normalized spacial score (nSPS) is 20.4. The van der Waals surface area contributed by atoms with Gasteiger partial charge in [0.25, 0.3) is 0 Å². The highest BCUT2D eigenvalue weighted by Crippen LogP contribution is 2.34. The van der Waals surface area contributed by atoms with Gasteiger partial charge in [0.1, 0.15) is 0 Å². The summed E-state index contributed by atoms with van der Waals surface area (Å²) >= 11 is 0. The van der Waals surface area contributed by atoms with E-state index in [-0.39, 0.29) is 0 Å². The molecular weight excluding hydrogens is 224 g/mol. The minimum atomic E-state index is 0.377. The molecule has 18 heavy (non-hydrogen) atoms. The largest absolute Gasteiger partial charge is 0.454 e. The lowest BCUT2D eigenvalue weighted by molar-refractivity contribution is 0.174. The summed E-state index contributed by atoms with van der Waals surface area (Å²) in [5.74, 6) is 2.69. The molecule has 0 bridgehead atoms. The molecule has 0 unspecified atom stereocenters. The first-order chi connectivity index (χ1) is 8.92. The van der Waals surface area contributed by atoms with Crippen LogP contribution < -0.4 is 9.47 Å². The Morgan fingerprint density at radius 3 is 2.44 bits per heavy atom. The van der Waals surface area contributed by atoms with Gasteiger partial charge in [-0.15, -0.1) is 0 Å². The average molecular weight is 246 g/mol. The molecule has 1 heterocycles. The maximum atomic E-state index is 5.45. The quantitative estimate of drug-likeness (QED) is 0.773. The second-order valence-corrected chi connectivity index (χ2v) is 5.60. The van der Waals surface area contributed by atoms with E-state index in [0.29, 0.717) is 6.79 Å². The van der Waals surface area contributed by atoms with E-state index in [0.717, 1.165) is 17.4 Å². The first-order valence-corrected chi connectivity index (χ1v) is 7.30. The number of rotatable bonds is 2. The maximum absolute atomic E-state index is 5.45. The van der Waals surface area contributed by atoms with Crippen molar-refractivity contribution >= 4 is 0 Å². The van der Waals surface area contributed by atoms with Gasteiger partial charge >= 0.3 is 0 Å². The number of ether oxygens (including phenoxy) is 2. The molecule has 3 rings (SSSR count). The van der Waals surface area contributed by atoms with Crippen LogP contribution >= 0.6 is 0 Å². The van der Waals surface area contributed by atoms with Gasteiger partial charge in [0, 0.05) is 0 Å². The molecule has 1 saturated carbocycles. The van der Waals surface area contributed by atoms with E-state index in [1.165, 1.54) is 56.9 Å². The highest BCUT2D eigenvalue weighted by molar-refractivity contribution is 5.44. The molecule has 1 aliphatic carbocycles. The fourth-order valence-electron chi connectivity index (χ4n) is 3.15. The van der Waals surface area contributed by atoms with Gasteiger partial charge in [0.15, 0.2) is 11.5 Å². The summed E-state index contributed by atoms with van der Waals surface area (Å²) in [4.78, 5) is 0. The van der Waals surface area contributed by atoms with Gasteiger partial charge in [-0.05, 0) is 30.0 Å². The molecule has 1 aliphatic heterocycles.